The number of benzene rings is 1. The van der Waals surface area contributed by atoms with Gasteiger partial charge in [-0.2, -0.15) is 0 Å². The van der Waals surface area contributed by atoms with Crippen LogP contribution in [0.25, 0.3) is 11.0 Å². The zero-order chi connectivity index (χ0) is 14.9. The molecule has 0 atom stereocenters. The van der Waals surface area contributed by atoms with Crippen LogP contribution in [0.2, 0.25) is 0 Å². The molecule has 1 heterocycles. The van der Waals surface area contributed by atoms with E-state index in [1.165, 1.54) is 22.8 Å². The molecule has 2 N–H and O–H groups in total. The fourth-order valence-corrected chi connectivity index (χ4v) is 1.96. The number of nitrogens with one attached hydrogen (secondary N) is 2. The van der Waals surface area contributed by atoms with Crippen molar-refractivity contribution in [2.45, 2.75) is 6.54 Å². The molecule has 7 nitrogen and oxygen atoms in total. The third-order valence-corrected chi connectivity index (χ3v) is 3.05. The van der Waals surface area contributed by atoms with Crippen LogP contribution >= 0.6 is 0 Å². The molecule has 0 aliphatic rings. The molecule has 106 valence electrons. The van der Waals surface area contributed by atoms with Crippen molar-refractivity contribution in [1.29, 1.82) is 0 Å². The standard InChI is InChI=1S/C13H15N3O4/c1-15(2)5-6-16-10-4-3-8(13(19)20)7-9(10)14-11(17)12(16)18/h3-4,7H,5-6H2,1-2H3,(H,14,17)(H,19,20). The Morgan fingerprint density at radius 3 is 2.65 bits per heavy atom. The molecule has 0 unspecified atom stereocenters. The fourth-order valence-electron chi connectivity index (χ4n) is 1.96. The molecule has 0 bridgehead atoms. The molecule has 0 aliphatic heterocycles. The monoisotopic (exact) mass is 277 g/mol. The molecule has 0 saturated carbocycles. The number of aromatic carboxylic acids is 1. The lowest BCUT2D eigenvalue weighted by Crippen LogP contribution is -3.06. The topological polar surface area (TPSA) is 99.4 Å². The van der Waals surface area contributed by atoms with Crippen LogP contribution in [0.5, 0.6) is 0 Å². The second kappa shape index (κ2) is 5.30. The Hall–Kier alpha value is -2.41. The number of nitrogens with zero attached hydrogens (tertiary/aromatic N) is 1. The fraction of sp³-hybridized carbons (Fsp3) is 0.308. The van der Waals surface area contributed by atoms with Crippen molar-refractivity contribution in [1.82, 2.24) is 9.55 Å². The predicted octanol–water partition coefficient (Wildman–Crippen LogP) is -2.80. The molecule has 2 aromatic rings. The number of carbonyl (C=O) groups excluding carboxylic acids is 1. The van der Waals surface area contributed by atoms with E-state index in [9.17, 15) is 19.5 Å². The van der Waals surface area contributed by atoms with Crippen LogP contribution in [-0.4, -0.2) is 36.2 Å². The average Bonchev–Trinajstić information content (AvgIpc) is 2.38. The molecule has 1 aromatic carbocycles. The Balaban J connectivity index is 2.66. The summed E-state index contributed by atoms with van der Waals surface area (Å²) in [7, 11) is 3.88. The average molecular weight is 277 g/mol. The first-order valence-electron chi connectivity index (χ1n) is 6.17. The maximum atomic E-state index is 11.9. The van der Waals surface area contributed by atoms with Crippen molar-refractivity contribution in [2.24, 2.45) is 0 Å². The lowest BCUT2D eigenvalue weighted by atomic mass is 10.2. The summed E-state index contributed by atoms with van der Waals surface area (Å²) in [6.07, 6.45) is 0. The van der Waals surface area contributed by atoms with Crippen molar-refractivity contribution in [3.63, 3.8) is 0 Å². The maximum Gasteiger partial charge on any atom is 0.316 e. The largest absolute Gasteiger partial charge is 0.545 e. The summed E-state index contributed by atoms with van der Waals surface area (Å²) >= 11 is 0. The van der Waals surface area contributed by atoms with Gasteiger partial charge in [0.05, 0.1) is 44.2 Å². The third kappa shape index (κ3) is 2.62. The third-order valence-electron chi connectivity index (χ3n) is 3.05. The second-order valence-electron chi connectivity index (χ2n) is 4.89. The van der Waals surface area contributed by atoms with E-state index in [1.54, 1.807) is 0 Å². The Morgan fingerprint density at radius 1 is 1.35 bits per heavy atom. The summed E-state index contributed by atoms with van der Waals surface area (Å²) in [6, 6.07) is 4.15. The Morgan fingerprint density at radius 2 is 2.05 bits per heavy atom. The SMILES string of the molecule is C[NH+](C)CCn1c(=O)c(=O)[nH]c2cc(C(=O)[O-])ccc21. The van der Waals surface area contributed by atoms with Crippen molar-refractivity contribution in [3.8, 4) is 0 Å². The van der Waals surface area contributed by atoms with Gasteiger partial charge in [-0.3, -0.25) is 14.2 Å². The summed E-state index contributed by atoms with van der Waals surface area (Å²) in [5.41, 5.74) is -0.635. The molecule has 0 saturated heterocycles. The molecule has 0 fully saturated rings. The molecule has 0 aliphatic carbocycles. The van der Waals surface area contributed by atoms with E-state index < -0.39 is 17.1 Å². The van der Waals surface area contributed by atoms with Crippen LogP contribution in [0.4, 0.5) is 0 Å². The first-order chi connectivity index (χ1) is 9.40. The Kier molecular flexibility index (Phi) is 3.71. The van der Waals surface area contributed by atoms with Gasteiger partial charge in [0.1, 0.15) is 0 Å². The second-order valence-corrected chi connectivity index (χ2v) is 4.89. The highest BCUT2D eigenvalue weighted by Gasteiger charge is 2.09. The molecule has 0 radical (unpaired) electrons. The zero-order valence-corrected chi connectivity index (χ0v) is 11.2. The molecule has 1 aromatic heterocycles. The van der Waals surface area contributed by atoms with Gasteiger partial charge in [0.15, 0.2) is 0 Å². The highest BCUT2D eigenvalue weighted by atomic mass is 16.4. The molecule has 20 heavy (non-hydrogen) atoms. The van der Waals surface area contributed by atoms with Crippen LogP contribution < -0.4 is 21.1 Å². The molecule has 0 spiro atoms. The zero-order valence-electron chi connectivity index (χ0n) is 11.2. The summed E-state index contributed by atoms with van der Waals surface area (Å²) in [5, 5.41) is 10.8. The number of hydrogen-bond donors (Lipinski definition) is 2. The Labute approximate surface area is 114 Å². The van der Waals surface area contributed by atoms with E-state index >= 15 is 0 Å². The summed E-state index contributed by atoms with van der Waals surface area (Å²) in [5.74, 6) is -1.33. The van der Waals surface area contributed by atoms with Gasteiger partial charge in [0, 0.05) is 0 Å². The minimum Gasteiger partial charge on any atom is -0.545 e. The first-order valence-corrected chi connectivity index (χ1v) is 6.17. The molecule has 7 heteroatoms. The van der Waals surface area contributed by atoms with Crippen LogP contribution in [0.1, 0.15) is 10.4 Å². The number of carbonyl (C=O) groups is 1. The van der Waals surface area contributed by atoms with Gasteiger partial charge < -0.3 is 19.8 Å². The van der Waals surface area contributed by atoms with Gasteiger partial charge >= 0.3 is 11.1 Å². The van der Waals surface area contributed by atoms with E-state index in [4.69, 9.17) is 0 Å². The number of carboxylic acid groups (broad SMARTS) is 1. The highest BCUT2D eigenvalue weighted by molar-refractivity contribution is 5.90. The normalized spacial score (nSPS) is 11.2. The number of H-pyrrole nitrogens is 1. The van der Waals surface area contributed by atoms with Gasteiger partial charge in [-0.15, -0.1) is 0 Å². The van der Waals surface area contributed by atoms with E-state index in [2.05, 4.69) is 4.98 Å². The quantitative estimate of drug-likeness (QED) is 0.590. The van der Waals surface area contributed by atoms with Crippen molar-refractivity contribution in [3.05, 3.63) is 44.5 Å². The van der Waals surface area contributed by atoms with Gasteiger partial charge in [0.25, 0.3) is 0 Å². The number of aromatic nitrogens is 2. The van der Waals surface area contributed by atoms with E-state index in [-0.39, 0.29) is 5.56 Å². The Bertz CT molecular complexity index is 773. The predicted molar refractivity (Wildman–Crippen MR) is 70.8 cm³/mol. The van der Waals surface area contributed by atoms with E-state index in [0.29, 0.717) is 24.1 Å². The van der Waals surface area contributed by atoms with Gasteiger partial charge in [0.2, 0.25) is 0 Å². The minimum atomic E-state index is -1.33. The number of rotatable bonds is 4. The van der Waals surface area contributed by atoms with Gasteiger partial charge in [-0.25, -0.2) is 0 Å². The van der Waals surface area contributed by atoms with Crippen LogP contribution in [0.3, 0.4) is 0 Å². The molecular weight excluding hydrogens is 262 g/mol. The summed E-state index contributed by atoms with van der Waals surface area (Å²) < 4.78 is 1.36. The lowest BCUT2D eigenvalue weighted by Gasteiger charge is -2.12. The van der Waals surface area contributed by atoms with Gasteiger partial charge in [-0.05, 0) is 17.7 Å². The molecular formula is C13H15N3O4. The molecule has 2 rings (SSSR count). The summed E-state index contributed by atoms with van der Waals surface area (Å²) in [4.78, 5) is 37.9. The molecule has 0 amide bonds. The smallest absolute Gasteiger partial charge is 0.316 e. The minimum absolute atomic E-state index is 0.0448. The number of hydrogen-bond acceptors (Lipinski definition) is 4. The van der Waals surface area contributed by atoms with Crippen LogP contribution in [0, 0.1) is 0 Å². The van der Waals surface area contributed by atoms with E-state index in [0.717, 1.165) is 4.90 Å². The van der Waals surface area contributed by atoms with Crippen molar-refractivity contribution >= 4 is 17.0 Å². The number of fused-ring (bicyclic) bond motifs is 1. The lowest BCUT2D eigenvalue weighted by molar-refractivity contribution is -0.858. The highest BCUT2D eigenvalue weighted by Crippen LogP contribution is 2.10. The van der Waals surface area contributed by atoms with Crippen molar-refractivity contribution < 1.29 is 14.8 Å². The van der Waals surface area contributed by atoms with Crippen LogP contribution in [0.15, 0.2) is 27.8 Å². The summed E-state index contributed by atoms with van der Waals surface area (Å²) in [6.45, 7) is 1.05. The number of carboxylic acids is 1. The number of quaternary nitrogens is 1. The van der Waals surface area contributed by atoms with E-state index in [1.807, 2.05) is 14.1 Å². The van der Waals surface area contributed by atoms with Crippen LogP contribution in [-0.2, 0) is 6.54 Å². The first kappa shape index (κ1) is 14.0. The van der Waals surface area contributed by atoms with Crippen molar-refractivity contribution in [2.75, 3.05) is 20.6 Å². The maximum absolute atomic E-state index is 11.9. The number of aromatic amines is 1. The van der Waals surface area contributed by atoms with Gasteiger partial charge in [-0.1, -0.05) is 6.07 Å². The number of likely N-dealkylation sites (N-methyl/N-ethyl adjacent to an activating group) is 1.